The van der Waals surface area contributed by atoms with Crippen molar-refractivity contribution in [1.82, 2.24) is 10.3 Å². The van der Waals surface area contributed by atoms with Crippen molar-refractivity contribution >= 4 is 11.5 Å². The van der Waals surface area contributed by atoms with Crippen LogP contribution >= 0.6 is 0 Å². The van der Waals surface area contributed by atoms with Gasteiger partial charge in [0.1, 0.15) is 0 Å². The van der Waals surface area contributed by atoms with Crippen LogP contribution in [0, 0.1) is 12.8 Å². The number of aryl methyl sites for hydroxylation is 1. The average Bonchev–Trinajstić information content (AvgIpc) is 2.65. The van der Waals surface area contributed by atoms with Crippen LogP contribution in [0.15, 0.2) is 61.6 Å². The van der Waals surface area contributed by atoms with Crippen LogP contribution in [-0.2, 0) is 6.42 Å². The lowest BCUT2D eigenvalue weighted by atomic mass is 9.95. The first-order chi connectivity index (χ1) is 14.5. The van der Waals surface area contributed by atoms with Crippen LogP contribution in [-0.4, -0.2) is 24.8 Å². The van der Waals surface area contributed by atoms with Gasteiger partial charge in [0.2, 0.25) is 0 Å². The van der Waals surface area contributed by atoms with Crippen LogP contribution in [0.3, 0.4) is 0 Å². The van der Waals surface area contributed by atoms with Gasteiger partial charge in [-0.3, -0.25) is 0 Å². The lowest BCUT2D eigenvalue weighted by molar-refractivity contribution is -0.127. The number of halogens is 3. The molecule has 0 bridgehead atoms. The maximum Gasteiger partial charge on any atom is 0.393 e. The number of nitrogens with one attached hydrogen (secondary N) is 2. The molecule has 1 atom stereocenters. The van der Waals surface area contributed by atoms with E-state index in [9.17, 15) is 13.2 Å². The summed E-state index contributed by atoms with van der Waals surface area (Å²) >= 11 is 0. The van der Waals surface area contributed by atoms with E-state index in [1.54, 1.807) is 18.3 Å². The number of rotatable bonds is 5. The van der Waals surface area contributed by atoms with Crippen LogP contribution < -0.4 is 15.5 Å². The number of likely N-dealkylation sites (N-methyl/N-ethyl adjacent to an activating group) is 1. The Labute approximate surface area is 182 Å². The fourth-order valence-electron chi connectivity index (χ4n) is 3.42. The van der Waals surface area contributed by atoms with Gasteiger partial charge in [0.05, 0.1) is 24.7 Å². The normalized spacial score (nSPS) is 14.2. The van der Waals surface area contributed by atoms with Crippen LogP contribution in [0.5, 0.6) is 0 Å². The SMILES string of the molecule is C=C1CN(C)c2ncc(C)cc2N1.C=CNC(c1ccc(CC(F)(F)F)cc1)C(C)C. The van der Waals surface area contributed by atoms with E-state index in [0.29, 0.717) is 5.92 Å². The summed E-state index contributed by atoms with van der Waals surface area (Å²) < 4.78 is 36.7. The predicted molar refractivity (Wildman–Crippen MR) is 122 cm³/mol. The maximum atomic E-state index is 12.2. The number of benzene rings is 1. The van der Waals surface area contributed by atoms with Gasteiger partial charge in [-0.2, -0.15) is 13.2 Å². The third kappa shape index (κ3) is 7.35. The first kappa shape index (κ1) is 24.3. The molecule has 2 N–H and O–H groups in total. The van der Waals surface area contributed by atoms with Crippen LogP contribution in [0.1, 0.15) is 36.6 Å². The second-order valence-electron chi connectivity index (χ2n) is 8.09. The summed E-state index contributed by atoms with van der Waals surface area (Å²) in [5, 5.41) is 6.34. The fourth-order valence-corrected chi connectivity index (χ4v) is 3.42. The Morgan fingerprint density at radius 2 is 1.90 bits per heavy atom. The summed E-state index contributed by atoms with van der Waals surface area (Å²) in [5.41, 5.74) is 4.48. The van der Waals surface area contributed by atoms with E-state index in [1.807, 2.05) is 34.0 Å². The molecule has 4 nitrogen and oxygen atoms in total. The van der Waals surface area contributed by atoms with Gasteiger partial charge in [0, 0.05) is 18.9 Å². The van der Waals surface area contributed by atoms with Crippen molar-refractivity contribution in [3.05, 3.63) is 78.3 Å². The molecule has 1 aliphatic rings. The number of pyridine rings is 1. The molecule has 2 heterocycles. The van der Waals surface area contributed by atoms with Gasteiger partial charge < -0.3 is 15.5 Å². The summed E-state index contributed by atoms with van der Waals surface area (Å²) in [6, 6.07) is 8.70. The Kier molecular flexibility index (Phi) is 8.14. The Morgan fingerprint density at radius 1 is 1.26 bits per heavy atom. The van der Waals surface area contributed by atoms with Crippen molar-refractivity contribution in [3.63, 3.8) is 0 Å². The molecule has 1 aliphatic heterocycles. The Balaban J connectivity index is 0.000000231. The van der Waals surface area contributed by atoms with Gasteiger partial charge in [-0.05, 0) is 41.8 Å². The van der Waals surface area contributed by atoms with Crippen molar-refractivity contribution in [2.24, 2.45) is 5.92 Å². The number of hydrogen-bond acceptors (Lipinski definition) is 4. The standard InChI is InChI=1S/C14H18F3N.C10H13N3/c1-4-18-13(10(2)3)12-7-5-11(6-8-12)9-14(15,16)17;1-7-4-9-10(11-5-7)13(3)6-8(2)12-9/h4-8,10,13,18H,1,9H2,2-3H3;4-5,12H,2,6H2,1,3H3. The van der Waals surface area contributed by atoms with E-state index < -0.39 is 12.6 Å². The molecule has 1 aromatic heterocycles. The highest BCUT2D eigenvalue weighted by Crippen LogP contribution is 2.28. The molecule has 0 saturated carbocycles. The lowest BCUT2D eigenvalue weighted by Crippen LogP contribution is -2.29. The Bertz CT molecular complexity index is 889. The molecule has 7 heteroatoms. The van der Waals surface area contributed by atoms with Gasteiger partial charge in [0.25, 0.3) is 0 Å². The van der Waals surface area contributed by atoms with Crippen molar-refractivity contribution in [3.8, 4) is 0 Å². The second kappa shape index (κ2) is 10.4. The molecule has 0 radical (unpaired) electrons. The highest BCUT2D eigenvalue weighted by atomic mass is 19.4. The van der Waals surface area contributed by atoms with E-state index in [-0.39, 0.29) is 11.6 Å². The monoisotopic (exact) mass is 432 g/mol. The third-order valence-corrected chi connectivity index (χ3v) is 4.81. The molecule has 168 valence electrons. The van der Waals surface area contributed by atoms with Gasteiger partial charge in [-0.15, -0.1) is 0 Å². The zero-order chi connectivity index (χ0) is 23.2. The molecule has 1 unspecified atom stereocenters. The van der Waals surface area contributed by atoms with Crippen molar-refractivity contribution in [1.29, 1.82) is 0 Å². The maximum absolute atomic E-state index is 12.2. The molecule has 0 amide bonds. The summed E-state index contributed by atoms with van der Waals surface area (Å²) in [7, 11) is 2.02. The molecule has 0 fully saturated rings. The van der Waals surface area contributed by atoms with Crippen LogP contribution in [0.4, 0.5) is 24.7 Å². The molecule has 0 spiro atoms. The molecule has 0 saturated heterocycles. The van der Waals surface area contributed by atoms with E-state index >= 15 is 0 Å². The predicted octanol–water partition coefficient (Wildman–Crippen LogP) is 5.99. The number of alkyl halides is 3. The Hall–Kier alpha value is -2.96. The molecular weight excluding hydrogens is 401 g/mol. The lowest BCUT2D eigenvalue weighted by Gasteiger charge is -2.28. The summed E-state index contributed by atoms with van der Waals surface area (Å²) in [6.45, 7) is 14.5. The highest BCUT2D eigenvalue weighted by Gasteiger charge is 2.27. The van der Waals surface area contributed by atoms with Gasteiger partial charge >= 0.3 is 6.18 Å². The molecular formula is C24H31F3N4. The third-order valence-electron chi connectivity index (χ3n) is 4.81. The van der Waals surface area contributed by atoms with Gasteiger partial charge in [-0.25, -0.2) is 4.98 Å². The van der Waals surface area contributed by atoms with E-state index in [0.717, 1.165) is 34.9 Å². The highest BCUT2D eigenvalue weighted by molar-refractivity contribution is 5.71. The van der Waals surface area contributed by atoms with Gasteiger partial charge in [-0.1, -0.05) is 51.3 Å². The average molecular weight is 433 g/mol. The first-order valence-electron chi connectivity index (χ1n) is 10.1. The van der Waals surface area contributed by atoms with E-state index in [2.05, 4.69) is 39.7 Å². The van der Waals surface area contributed by atoms with E-state index in [1.165, 1.54) is 12.1 Å². The smallest absolute Gasteiger partial charge is 0.384 e. The summed E-state index contributed by atoms with van der Waals surface area (Å²) in [4.78, 5) is 6.45. The number of nitrogens with zero attached hydrogens (tertiary/aromatic N) is 2. The molecule has 3 rings (SSSR count). The van der Waals surface area contributed by atoms with Crippen LogP contribution in [0.25, 0.3) is 0 Å². The molecule has 31 heavy (non-hydrogen) atoms. The number of hydrogen-bond donors (Lipinski definition) is 2. The quantitative estimate of drug-likeness (QED) is 0.609. The minimum Gasteiger partial charge on any atom is -0.384 e. The van der Waals surface area contributed by atoms with E-state index in [4.69, 9.17) is 0 Å². The van der Waals surface area contributed by atoms with Crippen molar-refractivity contribution < 1.29 is 13.2 Å². The van der Waals surface area contributed by atoms with Gasteiger partial charge in [0.15, 0.2) is 5.82 Å². The molecule has 2 aromatic rings. The minimum absolute atomic E-state index is 0.0717. The summed E-state index contributed by atoms with van der Waals surface area (Å²) in [6.07, 6.45) is -1.55. The zero-order valence-electron chi connectivity index (χ0n) is 18.6. The van der Waals surface area contributed by atoms with Crippen molar-refractivity contribution in [2.75, 3.05) is 23.8 Å². The number of aromatic nitrogens is 1. The number of anilines is 2. The molecule has 1 aromatic carbocycles. The summed E-state index contributed by atoms with van der Waals surface area (Å²) in [5.74, 6) is 1.33. The van der Waals surface area contributed by atoms with Crippen LogP contribution in [0.2, 0.25) is 0 Å². The van der Waals surface area contributed by atoms with Crippen molar-refractivity contribution in [2.45, 2.75) is 39.4 Å². The Morgan fingerprint density at radius 3 is 2.45 bits per heavy atom. The first-order valence-corrected chi connectivity index (χ1v) is 10.1. The largest absolute Gasteiger partial charge is 0.393 e. The second-order valence-corrected chi connectivity index (χ2v) is 8.09. The topological polar surface area (TPSA) is 40.2 Å². The zero-order valence-corrected chi connectivity index (χ0v) is 18.6. The minimum atomic E-state index is -4.15. The molecule has 0 aliphatic carbocycles. The number of fused-ring (bicyclic) bond motifs is 1. The fraction of sp³-hybridized carbons (Fsp3) is 0.375.